The van der Waals surface area contributed by atoms with E-state index in [-0.39, 0.29) is 23.6 Å². The van der Waals surface area contributed by atoms with Gasteiger partial charge in [-0.25, -0.2) is 0 Å². The zero-order chi connectivity index (χ0) is 21.6. The van der Waals surface area contributed by atoms with Crippen molar-refractivity contribution in [1.29, 1.82) is 0 Å². The topological polar surface area (TPSA) is 102 Å². The molecule has 9 heteroatoms. The minimum Gasteiger partial charge on any atom is -0.349 e. The lowest BCUT2D eigenvalue weighted by molar-refractivity contribution is -0.113. The number of amides is 2. The molecule has 1 aliphatic rings. The molecular formula is C22H22N6O2S. The van der Waals surface area contributed by atoms with Crippen molar-refractivity contribution in [3.05, 3.63) is 67.0 Å². The monoisotopic (exact) mass is 434 g/mol. The van der Waals surface area contributed by atoms with Gasteiger partial charge in [0, 0.05) is 30.5 Å². The van der Waals surface area contributed by atoms with Gasteiger partial charge in [-0.3, -0.25) is 19.1 Å². The van der Waals surface area contributed by atoms with Crippen LogP contribution in [0.2, 0.25) is 0 Å². The molecule has 1 fully saturated rings. The molecule has 1 aliphatic carbocycles. The number of anilines is 1. The third-order valence-electron chi connectivity index (χ3n) is 4.66. The number of hydrogen-bond acceptors (Lipinski definition) is 6. The molecule has 31 heavy (non-hydrogen) atoms. The molecule has 0 unspecified atom stereocenters. The highest BCUT2D eigenvalue weighted by Gasteiger charge is 2.25. The Morgan fingerprint density at radius 2 is 1.94 bits per heavy atom. The molecule has 1 aromatic carbocycles. The van der Waals surface area contributed by atoms with E-state index >= 15 is 0 Å². The lowest BCUT2D eigenvalue weighted by Crippen LogP contribution is -2.27. The summed E-state index contributed by atoms with van der Waals surface area (Å²) in [6, 6.07) is 11.0. The Hall–Kier alpha value is -3.46. The van der Waals surface area contributed by atoms with Crippen molar-refractivity contribution in [2.45, 2.75) is 30.6 Å². The van der Waals surface area contributed by atoms with Crippen molar-refractivity contribution in [1.82, 2.24) is 25.1 Å². The first-order chi connectivity index (χ1) is 15.2. The summed E-state index contributed by atoms with van der Waals surface area (Å²) in [4.78, 5) is 29.0. The summed E-state index contributed by atoms with van der Waals surface area (Å²) in [6.45, 7) is 4.31. The molecular weight excluding hydrogens is 412 g/mol. The summed E-state index contributed by atoms with van der Waals surface area (Å²) in [5.41, 5.74) is 1.84. The number of carbonyl (C=O) groups is 2. The second-order valence-electron chi connectivity index (χ2n) is 7.07. The Balaban J connectivity index is 1.43. The molecule has 2 amide bonds. The normalized spacial score (nSPS) is 12.9. The van der Waals surface area contributed by atoms with Crippen LogP contribution in [0.25, 0.3) is 11.4 Å². The number of benzene rings is 1. The Morgan fingerprint density at radius 3 is 2.68 bits per heavy atom. The minimum absolute atomic E-state index is 0.129. The van der Waals surface area contributed by atoms with Crippen LogP contribution in [0.5, 0.6) is 0 Å². The van der Waals surface area contributed by atoms with Crippen molar-refractivity contribution in [3.8, 4) is 11.4 Å². The first-order valence-electron chi connectivity index (χ1n) is 9.92. The van der Waals surface area contributed by atoms with E-state index in [0.29, 0.717) is 28.8 Å². The Kier molecular flexibility index (Phi) is 6.42. The summed E-state index contributed by atoms with van der Waals surface area (Å²) in [5.74, 6) is 0.422. The van der Waals surface area contributed by atoms with Crippen LogP contribution in [0.15, 0.2) is 66.6 Å². The fourth-order valence-electron chi connectivity index (χ4n) is 3.00. The number of carbonyl (C=O) groups excluding carboxylic acids is 2. The summed E-state index contributed by atoms with van der Waals surface area (Å²) in [6.07, 6.45) is 7.15. The summed E-state index contributed by atoms with van der Waals surface area (Å²) >= 11 is 1.28. The van der Waals surface area contributed by atoms with Gasteiger partial charge in [0.15, 0.2) is 11.0 Å². The molecule has 2 aromatic heterocycles. The number of thioether (sulfide) groups is 1. The minimum atomic E-state index is -0.227. The van der Waals surface area contributed by atoms with E-state index in [0.717, 1.165) is 18.4 Å². The second-order valence-corrected chi connectivity index (χ2v) is 8.01. The van der Waals surface area contributed by atoms with E-state index in [2.05, 4.69) is 32.4 Å². The van der Waals surface area contributed by atoms with E-state index in [1.54, 1.807) is 42.7 Å². The van der Waals surface area contributed by atoms with Gasteiger partial charge in [0.1, 0.15) is 0 Å². The molecule has 0 radical (unpaired) electrons. The van der Waals surface area contributed by atoms with Crippen molar-refractivity contribution >= 4 is 29.3 Å². The van der Waals surface area contributed by atoms with E-state index in [9.17, 15) is 9.59 Å². The number of pyridine rings is 1. The summed E-state index contributed by atoms with van der Waals surface area (Å²) in [5, 5.41) is 14.9. The van der Waals surface area contributed by atoms with Gasteiger partial charge in [-0.2, -0.15) is 0 Å². The van der Waals surface area contributed by atoms with Crippen LogP contribution < -0.4 is 10.6 Å². The summed E-state index contributed by atoms with van der Waals surface area (Å²) in [7, 11) is 0. The molecule has 0 spiro atoms. The molecule has 3 aromatic rings. The van der Waals surface area contributed by atoms with Crippen LogP contribution in [0.3, 0.4) is 0 Å². The van der Waals surface area contributed by atoms with E-state index in [1.165, 1.54) is 11.8 Å². The van der Waals surface area contributed by atoms with Crippen LogP contribution in [0, 0.1) is 0 Å². The first-order valence-corrected chi connectivity index (χ1v) is 10.9. The standard InChI is InChI=1S/C22H22N6O2S/c1-2-13-28-20(15-9-11-23-12-10-15)26-27-22(28)31-14-19(29)25-18-6-4-3-5-17(18)21(30)24-16-7-8-16/h2-6,9-12,16H,1,7-8,13-14H2,(H,24,30)(H,25,29). The number of nitrogens with zero attached hydrogens (tertiary/aromatic N) is 4. The van der Waals surface area contributed by atoms with Gasteiger partial charge in [-0.1, -0.05) is 30.0 Å². The number of allylic oxidation sites excluding steroid dienone is 1. The molecule has 2 N–H and O–H groups in total. The molecule has 0 bridgehead atoms. The molecule has 8 nitrogen and oxygen atoms in total. The fraction of sp³-hybridized carbons (Fsp3) is 0.227. The van der Waals surface area contributed by atoms with Gasteiger partial charge < -0.3 is 10.6 Å². The largest absolute Gasteiger partial charge is 0.349 e. The average molecular weight is 435 g/mol. The highest BCUT2D eigenvalue weighted by Crippen LogP contribution is 2.25. The molecule has 4 rings (SSSR count). The first kappa shape index (κ1) is 20.8. The second kappa shape index (κ2) is 9.57. The number of hydrogen-bond donors (Lipinski definition) is 2. The van der Waals surface area contributed by atoms with Crippen LogP contribution in [-0.4, -0.2) is 43.4 Å². The maximum atomic E-state index is 12.6. The van der Waals surface area contributed by atoms with Crippen molar-refractivity contribution < 1.29 is 9.59 Å². The number of para-hydroxylation sites is 1. The van der Waals surface area contributed by atoms with Crippen molar-refractivity contribution in [3.63, 3.8) is 0 Å². The zero-order valence-electron chi connectivity index (χ0n) is 16.8. The third-order valence-corrected chi connectivity index (χ3v) is 5.62. The lowest BCUT2D eigenvalue weighted by atomic mass is 10.1. The van der Waals surface area contributed by atoms with E-state index < -0.39 is 0 Å². The highest BCUT2D eigenvalue weighted by molar-refractivity contribution is 7.99. The quantitative estimate of drug-likeness (QED) is 0.396. The SMILES string of the molecule is C=CCn1c(SCC(=O)Nc2ccccc2C(=O)NC2CC2)nnc1-c1ccncc1. The van der Waals surface area contributed by atoms with Gasteiger partial charge in [0.05, 0.1) is 17.0 Å². The Bertz CT molecular complexity index is 1090. The Labute approximate surface area is 184 Å². The van der Waals surface area contributed by atoms with Gasteiger partial charge in [-0.15, -0.1) is 16.8 Å². The molecule has 158 valence electrons. The molecule has 0 atom stereocenters. The molecule has 0 aliphatic heterocycles. The molecule has 2 heterocycles. The van der Waals surface area contributed by atoms with Gasteiger partial charge >= 0.3 is 0 Å². The van der Waals surface area contributed by atoms with Crippen LogP contribution in [0.1, 0.15) is 23.2 Å². The molecule has 1 saturated carbocycles. The lowest BCUT2D eigenvalue weighted by Gasteiger charge is -2.11. The third kappa shape index (κ3) is 5.18. The maximum absolute atomic E-state index is 12.6. The zero-order valence-corrected chi connectivity index (χ0v) is 17.6. The fourth-order valence-corrected chi connectivity index (χ4v) is 3.75. The highest BCUT2D eigenvalue weighted by atomic mass is 32.2. The van der Waals surface area contributed by atoms with E-state index in [1.807, 2.05) is 16.7 Å². The molecule has 0 saturated heterocycles. The van der Waals surface area contributed by atoms with Crippen molar-refractivity contribution in [2.75, 3.05) is 11.1 Å². The van der Waals surface area contributed by atoms with Crippen LogP contribution in [-0.2, 0) is 11.3 Å². The average Bonchev–Trinajstić information content (AvgIpc) is 3.51. The predicted octanol–water partition coefficient (Wildman–Crippen LogP) is 3.15. The number of rotatable bonds is 9. The summed E-state index contributed by atoms with van der Waals surface area (Å²) < 4.78 is 1.90. The number of nitrogens with one attached hydrogen (secondary N) is 2. The van der Waals surface area contributed by atoms with Gasteiger partial charge in [0.2, 0.25) is 5.91 Å². The van der Waals surface area contributed by atoms with Gasteiger partial charge in [0.25, 0.3) is 5.91 Å². The van der Waals surface area contributed by atoms with Crippen LogP contribution >= 0.6 is 11.8 Å². The maximum Gasteiger partial charge on any atom is 0.253 e. The van der Waals surface area contributed by atoms with Gasteiger partial charge in [-0.05, 0) is 37.1 Å². The number of aromatic nitrogens is 4. The van der Waals surface area contributed by atoms with E-state index in [4.69, 9.17) is 0 Å². The van der Waals surface area contributed by atoms with Crippen LogP contribution in [0.4, 0.5) is 5.69 Å². The van der Waals surface area contributed by atoms with Crippen molar-refractivity contribution in [2.24, 2.45) is 0 Å². The smallest absolute Gasteiger partial charge is 0.253 e. The Morgan fingerprint density at radius 1 is 1.16 bits per heavy atom. The predicted molar refractivity (Wildman–Crippen MR) is 120 cm³/mol.